The van der Waals surface area contributed by atoms with Gasteiger partial charge in [0.15, 0.2) is 0 Å². The van der Waals surface area contributed by atoms with Crippen molar-refractivity contribution in [2.24, 2.45) is 17.8 Å². The van der Waals surface area contributed by atoms with Crippen molar-refractivity contribution in [1.82, 2.24) is 15.1 Å². The van der Waals surface area contributed by atoms with Crippen molar-refractivity contribution in [3.8, 4) is 0 Å². The van der Waals surface area contributed by atoms with E-state index in [1.807, 2.05) is 28.0 Å². The standard InChI is InChI=1S/C38H51N5O3/c1-43(21-15-30(16-22-43)29-11-17-39-18-12-29)37(45)33(24-27-9-10-28-6-4-7-31(28)23-27)25-36(44)41-19-13-34(14-20-41)42-26-32-5-2-3-8-35(32)40-38(42)46/h2-3,5,8-10,23,29-30,33-34,39H,4,6-7,11-22,24-26H2,1H3/p+1. The predicted octanol–water partition coefficient (Wildman–Crippen LogP) is 5.15. The monoisotopic (exact) mass is 626 g/mol. The van der Waals surface area contributed by atoms with Crippen LogP contribution in [0.4, 0.5) is 10.5 Å². The molecule has 0 bridgehead atoms. The number of para-hydroxylation sites is 1. The maximum absolute atomic E-state index is 14.5. The van der Waals surface area contributed by atoms with Gasteiger partial charge >= 0.3 is 11.9 Å². The van der Waals surface area contributed by atoms with Crippen molar-refractivity contribution >= 4 is 23.5 Å². The fourth-order valence-electron chi connectivity index (χ4n) is 9.17. The zero-order valence-electron chi connectivity index (χ0n) is 27.6. The lowest BCUT2D eigenvalue weighted by atomic mass is 9.78. The van der Waals surface area contributed by atoms with E-state index in [0.29, 0.717) is 30.5 Å². The van der Waals surface area contributed by atoms with Gasteiger partial charge in [0.2, 0.25) is 5.91 Å². The lowest BCUT2D eigenvalue weighted by Crippen LogP contribution is -2.58. The number of aryl methyl sites for hydroxylation is 2. The van der Waals surface area contributed by atoms with Gasteiger partial charge in [0.1, 0.15) is 0 Å². The highest BCUT2D eigenvalue weighted by atomic mass is 16.2. The van der Waals surface area contributed by atoms with E-state index >= 15 is 0 Å². The second-order valence-corrected chi connectivity index (χ2v) is 15.0. The highest BCUT2D eigenvalue weighted by Crippen LogP contribution is 2.35. The van der Waals surface area contributed by atoms with Crippen LogP contribution < -0.4 is 10.6 Å². The molecular formula is C38H52N5O3+. The summed E-state index contributed by atoms with van der Waals surface area (Å²) in [5.74, 6) is 1.51. The highest BCUT2D eigenvalue weighted by Gasteiger charge is 2.44. The molecule has 1 unspecified atom stereocenters. The van der Waals surface area contributed by atoms with Crippen molar-refractivity contribution in [3.05, 3.63) is 64.7 Å². The molecule has 46 heavy (non-hydrogen) atoms. The van der Waals surface area contributed by atoms with Crippen LogP contribution in [0.3, 0.4) is 0 Å². The number of fused-ring (bicyclic) bond motifs is 2. The van der Waals surface area contributed by atoms with Gasteiger partial charge in [-0.05, 0) is 105 Å². The molecule has 0 aromatic heterocycles. The van der Waals surface area contributed by atoms with Gasteiger partial charge in [0, 0.05) is 50.6 Å². The smallest absolute Gasteiger partial charge is 0.322 e. The Kier molecular flexibility index (Phi) is 9.19. The molecule has 3 saturated heterocycles. The number of carbonyl (C=O) groups is 3. The minimum absolute atomic E-state index is 0.0515. The van der Waals surface area contributed by atoms with Crippen molar-refractivity contribution in [3.63, 3.8) is 0 Å². The van der Waals surface area contributed by atoms with Gasteiger partial charge in [-0.1, -0.05) is 36.4 Å². The largest absolute Gasteiger partial charge is 0.343 e. The molecular weight excluding hydrogens is 574 g/mol. The van der Waals surface area contributed by atoms with E-state index in [-0.39, 0.29) is 36.2 Å². The first-order valence-electron chi connectivity index (χ1n) is 18.0. The SMILES string of the molecule is C[N+]1(C(=O)C(CC(=O)N2CCC(N3Cc4ccccc4NC3=O)CC2)Cc2ccc3c(c2)CCC3)CCC(C2CCNCC2)CC1. The van der Waals surface area contributed by atoms with Crippen molar-refractivity contribution in [2.45, 2.75) is 83.2 Å². The zero-order chi connectivity index (χ0) is 31.7. The van der Waals surface area contributed by atoms with E-state index in [4.69, 9.17) is 0 Å². The molecule has 246 valence electrons. The van der Waals surface area contributed by atoms with Gasteiger partial charge < -0.3 is 20.4 Å². The van der Waals surface area contributed by atoms with Crippen LogP contribution >= 0.6 is 0 Å². The Morgan fingerprint density at radius 3 is 2.39 bits per heavy atom. The number of urea groups is 1. The molecule has 5 aliphatic rings. The van der Waals surface area contributed by atoms with Crippen molar-refractivity contribution in [2.75, 3.05) is 51.6 Å². The number of benzene rings is 2. The molecule has 4 aliphatic heterocycles. The predicted molar refractivity (Wildman–Crippen MR) is 180 cm³/mol. The second kappa shape index (κ2) is 13.5. The van der Waals surface area contributed by atoms with Crippen LogP contribution in [0.1, 0.15) is 73.6 Å². The van der Waals surface area contributed by atoms with Gasteiger partial charge in [-0.2, -0.15) is 0 Å². The van der Waals surface area contributed by atoms with Gasteiger partial charge in [-0.3, -0.25) is 9.28 Å². The van der Waals surface area contributed by atoms with Crippen LogP contribution in [0.15, 0.2) is 42.5 Å². The Hall–Kier alpha value is -3.23. The molecule has 4 heterocycles. The number of hydrogen-bond acceptors (Lipinski definition) is 4. The number of nitrogens with zero attached hydrogens (tertiary/aromatic N) is 3. The first kappa shape index (κ1) is 31.4. The molecule has 8 heteroatoms. The first-order chi connectivity index (χ1) is 22.4. The number of carbonyl (C=O) groups excluding carboxylic acids is 3. The summed E-state index contributed by atoms with van der Waals surface area (Å²) in [6.07, 6.45) is 10.6. The number of piperidine rings is 3. The van der Waals surface area contributed by atoms with Crippen LogP contribution in [0.5, 0.6) is 0 Å². The van der Waals surface area contributed by atoms with Crippen molar-refractivity contribution < 1.29 is 18.9 Å². The summed E-state index contributed by atoms with van der Waals surface area (Å²) in [4.78, 5) is 45.2. The number of amides is 4. The Morgan fingerprint density at radius 1 is 0.891 bits per heavy atom. The summed E-state index contributed by atoms with van der Waals surface area (Å²) in [7, 11) is 2.13. The summed E-state index contributed by atoms with van der Waals surface area (Å²) < 4.78 is 0.456. The molecule has 1 atom stereocenters. The third-order valence-corrected chi connectivity index (χ3v) is 12.1. The van der Waals surface area contributed by atoms with Gasteiger partial charge in [0.05, 0.1) is 26.1 Å². The van der Waals surface area contributed by atoms with Gasteiger partial charge in [-0.15, -0.1) is 0 Å². The molecule has 0 saturated carbocycles. The average Bonchev–Trinajstić information content (AvgIpc) is 3.56. The first-order valence-corrected chi connectivity index (χ1v) is 18.0. The van der Waals surface area contributed by atoms with Gasteiger partial charge in [-0.25, -0.2) is 9.59 Å². The molecule has 2 aromatic carbocycles. The number of quaternary nitrogens is 1. The molecule has 2 N–H and O–H groups in total. The Balaban J connectivity index is 1.01. The summed E-state index contributed by atoms with van der Waals surface area (Å²) in [6.45, 7) is 5.86. The number of likely N-dealkylation sites (tertiary alicyclic amines) is 2. The van der Waals surface area contributed by atoms with E-state index in [9.17, 15) is 14.4 Å². The molecule has 3 fully saturated rings. The summed E-state index contributed by atoms with van der Waals surface area (Å²) >= 11 is 0. The lowest BCUT2D eigenvalue weighted by molar-refractivity contribution is -0.843. The maximum atomic E-state index is 14.5. The Labute approximate surface area is 274 Å². The molecule has 0 radical (unpaired) electrons. The van der Waals surface area contributed by atoms with E-state index in [1.165, 1.54) is 36.0 Å². The highest BCUT2D eigenvalue weighted by molar-refractivity contribution is 5.92. The topological polar surface area (TPSA) is 81.8 Å². The second-order valence-electron chi connectivity index (χ2n) is 15.0. The quantitative estimate of drug-likeness (QED) is 0.417. The molecule has 8 nitrogen and oxygen atoms in total. The van der Waals surface area contributed by atoms with E-state index < -0.39 is 0 Å². The van der Waals surface area contributed by atoms with Crippen LogP contribution in [0.25, 0.3) is 0 Å². The number of hydrogen-bond donors (Lipinski definition) is 2. The van der Waals surface area contributed by atoms with Crippen LogP contribution in [0.2, 0.25) is 0 Å². The molecule has 7 rings (SSSR count). The molecule has 2 aromatic rings. The third-order valence-electron chi connectivity index (χ3n) is 12.1. The molecule has 1 aliphatic carbocycles. The number of nitrogens with one attached hydrogen (secondary N) is 2. The van der Waals surface area contributed by atoms with Crippen LogP contribution in [-0.4, -0.2) is 84.5 Å². The average molecular weight is 627 g/mol. The molecule has 4 amide bonds. The third kappa shape index (κ3) is 6.61. The van der Waals surface area contributed by atoms with Crippen LogP contribution in [-0.2, 0) is 35.4 Å². The van der Waals surface area contributed by atoms with E-state index in [1.54, 1.807) is 0 Å². The number of rotatable bonds is 7. The van der Waals surface area contributed by atoms with E-state index in [0.717, 1.165) is 87.8 Å². The normalized spacial score (nSPS) is 26.3. The number of anilines is 1. The Morgan fingerprint density at radius 2 is 1.61 bits per heavy atom. The van der Waals surface area contributed by atoms with Gasteiger partial charge in [0.25, 0.3) is 0 Å². The van der Waals surface area contributed by atoms with Crippen molar-refractivity contribution in [1.29, 1.82) is 0 Å². The minimum atomic E-state index is -0.325. The summed E-state index contributed by atoms with van der Waals surface area (Å²) in [6, 6.07) is 14.8. The minimum Gasteiger partial charge on any atom is -0.343 e. The molecule has 0 spiro atoms. The Bertz CT molecular complexity index is 1440. The zero-order valence-corrected chi connectivity index (χ0v) is 27.6. The fourth-order valence-corrected chi connectivity index (χ4v) is 9.17. The lowest BCUT2D eigenvalue weighted by Gasteiger charge is -2.43. The van der Waals surface area contributed by atoms with Crippen LogP contribution in [0, 0.1) is 17.8 Å². The maximum Gasteiger partial charge on any atom is 0.322 e. The summed E-state index contributed by atoms with van der Waals surface area (Å²) in [5, 5.41) is 6.54. The summed E-state index contributed by atoms with van der Waals surface area (Å²) in [5.41, 5.74) is 6.07. The van der Waals surface area contributed by atoms with E-state index in [2.05, 4.69) is 41.9 Å². The fraction of sp³-hybridized carbons (Fsp3) is 0.605.